The second kappa shape index (κ2) is 4.87. The Kier molecular flexibility index (Phi) is 2.87. The highest BCUT2D eigenvalue weighted by Gasteiger charge is 2.30. The zero-order valence-corrected chi connectivity index (χ0v) is 11.6. The van der Waals surface area contributed by atoms with E-state index in [2.05, 4.69) is 9.88 Å². The Morgan fingerprint density at radius 2 is 1.90 bits per heavy atom. The van der Waals surface area contributed by atoms with Crippen LogP contribution in [-0.4, -0.2) is 24.4 Å². The molecule has 110 valence electrons. The first-order valence-electron chi connectivity index (χ1n) is 7.15. The predicted octanol–water partition coefficient (Wildman–Crippen LogP) is 2.47. The molecule has 6 heteroatoms. The number of aromatic nitrogens is 1. The van der Waals surface area contributed by atoms with Crippen LogP contribution in [0.4, 0.5) is 11.4 Å². The maximum absolute atomic E-state index is 5.91. The molecule has 0 atom stereocenters. The van der Waals surface area contributed by atoms with Crippen LogP contribution >= 0.6 is 0 Å². The third kappa shape index (κ3) is 2.07. The number of ether oxygens (including phenoxy) is 2. The van der Waals surface area contributed by atoms with Crippen LogP contribution in [0.1, 0.15) is 12.8 Å². The normalized spacial score (nSPS) is 19.9. The summed E-state index contributed by atoms with van der Waals surface area (Å²) in [5.41, 5.74) is 9.12. The van der Waals surface area contributed by atoms with Gasteiger partial charge in [0.15, 0.2) is 12.0 Å². The van der Waals surface area contributed by atoms with Crippen molar-refractivity contribution in [3.63, 3.8) is 0 Å². The van der Waals surface area contributed by atoms with Gasteiger partial charge in [0.2, 0.25) is 6.29 Å². The monoisotopic (exact) mass is 287 g/mol. The highest BCUT2D eigenvalue weighted by Crippen LogP contribution is 2.34. The molecule has 6 nitrogen and oxygen atoms in total. The molecule has 2 aromatic rings. The zero-order chi connectivity index (χ0) is 14.2. The lowest BCUT2D eigenvalue weighted by Gasteiger charge is -2.35. The molecular weight excluding hydrogens is 270 g/mol. The van der Waals surface area contributed by atoms with Crippen molar-refractivity contribution in [3.8, 4) is 0 Å². The number of fused-ring (bicyclic) bond motifs is 1. The van der Waals surface area contributed by atoms with E-state index in [0.717, 1.165) is 37.1 Å². The topological polar surface area (TPSA) is 73.8 Å². The summed E-state index contributed by atoms with van der Waals surface area (Å²) in [4.78, 5) is 6.63. The number of rotatable bonds is 2. The Morgan fingerprint density at radius 3 is 2.67 bits per heavy atom. The van der Waals surface area contributed by atoms with Crippen LogP contribution in [0.3, 0.4) is 0 Å². The quantitative estimate of drug-likeness (QED) is 0.855. The molecule has 3 heterocycles. The number of hydrogen-bond acceptors (Lipinski definition) is 6. The van der Waals surface area contributed by atoms with E-state index in [1.165, 1.54) is 6.39 Å². The van der Waals surface area contributed by atoms with Crippen molar-refractivity contribution in [2.75, 3.05) is 23.7 Å². The molecule has 0 bridgehead atoms. The minimum absolute atomic E-state index is 0.120. The third-order valence-electron chi connectivity index (χ3n) is 4.24. The first kappa shape index (κ1) is 12.4. The number of hydrogen-bond donors (Lipinski definition) is 1. The van der Waals surface area contributed by atoms with Crippen LogP contribution in [0.2, 0.25) is 0 Å². The minimum Gasteiger partial charge on any atom is -0.459 e. The maximum atomic E-state index is 5.91. The largest absolute Gasteiger partial charge is 0.459 e. The standard InChI is InChI=1S/C15H17N3O3/c16-11-1-2-12(13-14(11)21-9-17-13)18-5-3-10(4-6-18)15-19-7-8-20-15/h1-2,7-10,15H,3-6,16H2. The van der Waals surface area contributed by atoms with Crippen LogP contribution in [-0.2, 0) is 9.47 Å². The van der Waals surface area contributed by atoms with E-state index in [0.29, 0.717) is 17.2 Å². The van der Waals surface area contributed by atoms with Gasteiger partial charge >= 0.3 is 0 Å². The van der Waals surface area contributed by atoms with E-state index in [9.17, 15) is 0 Å². The number of nitrogen functional groups attached to an aromatic ring is 1. The van der Waals surface area contributed by atoms with Crippen LogP contribution in [0.15, 0.2) is 35.5 Å². The number of oxazole rings is 1. The van der Waals surface area contributed by atoms with E-state index in [1.807, 2.05) is 12.1 Å². The summed E-state index contributed by atoms with van der Waals surface area (Å²) in [6.07, 6.45) is 6.62. The van der Waals surface area contributed by atoms with Crippen molar-refractivity contribution in [2.45, 2.75) is 19.1 Å². The van der Waals surface area contributed by atoms with Crippen molar-refractivity contribution < 1.29 is 13.9 Å². The molecule has 1 aromatic carbocycles. The van der Waals surface area contributed by atoms with Gasteiger partial charge in [0.25, 0.3) is 0 Å². The molecule has 2 N–H and O–H groups in total. The van der Waals surface area contributed by atoms with Crippen molar-refractivity contribution in [3.05, 3.63) is 31.1 Å². The molecule has 0 radical (unpaired) electrons. The fourth-order valence-corrected chi connectivity index (χ4v) is 3.10. The Hall–Kier alpha value is -2.37. The van der Waals surface area contributed by atoms with E-state index in [-0.39, 0.29) is 6.29 Å². The SMILES string of the molecule is Nc1ccc(N2CCC(C3OC=CO3)CC2)c2ncoc12. The molecular formula is C15H17N3O3. The van der Waals surface area contributed by atoms with Gasteiger partial charge < -0.3 is 24.5 Å². The lowest BCUT2D eigenvalue weighted by atomic mass is 9.95. The zero-order valence-electron chi connectivity index (χ0n) is 11.6. The van der Waals surface area contributed by atoms with E-state index in [1.54, 1.807) is 12.5 Å². The molecule has 21 heavy (non-hydrogen) atoms. The summed E-state index contributed by atoms with van der Waals surface area (Å²) in [5, 5.41) is 0. The average Bonchev–Trinajstić information content (AvgIpc) is 3.20. The minimum atomic E-state index is -0.120. The van der Waals surface area contributed by atoms with Crippen molar-refractivity contribution in [1.29, 1.82) is 0 Å². The number of anilines is 2. The summed E-state index contributed by atoms with van der Waals surface area (Å²) >= 11 is 0. The number of nitrogens with zero attached hydrogens (tertiary/aromatic N) is 2. The average molecular weight is 287 g/mol. The lowest BCUT2D eigenvalue weighted by Crippen LogP contribution is -2.38. The smallest absolute Gasteiger partial charge is 0.242 e. The second-order valence-corrected chi connectivity index (χ2v) is 5.44. The van der Waals surface area contributed by atoms with Crippen LogP contribution in [0, 0.1) is 5.92 Å². The van der Waals surface area contributed by atoms with E-state index in [4.69, 9.17) is 19.6 Å². The van der Waals surface area contributed by atoms with Crippen LogP contribution < -0.4 is 10.6 Å². The highest BCUT2D eigenvalue weighted by molar-refractivity contribution is 5.94. The molecule has 4 rings (SSSR count). The Bertz CT molecular complexity index is 666. The number of nitrogens with two attached hydrogens (primary N) is 1. The van der Waals surface area contributed by atoms with Gasteiger partial charge in [0, 0.05) is 19.0 Å². The molecule has 1 saturated heterocycles. The molecule has 0 aliphatic carbocycles. The summed E-state index contributed by atoms with van der Waals surface area (Å²) in [6.45, 7) is 1.89. The first-order chi connectivity index (χ1) is 10.3. The van der Waals surface area contributed by atoms with Crippen molar-refractivity contribution >= 4 is 22.5 Å². The van der Waals surface area contributed by atoms with E-state index < -0.39 is 0 Å². The summed E-state index contributed by atoms with van der Waals surface area (Å²) in [5.74, 6) is 0.429. The molecule has 0 unspecified atom stereocenters. The molecule has 0 spiro atoms. The molecule has 0 amide bonds. The molecule has 2 aliphatic heterocycles. The molecule has 1 fully saturated rings. The fourth-order valence-electron chi connectivity index (χ4n) is 3.10. The van der Waals surface area contributed by atoms with Gasteiger partial charge in [-0.2, -0.15) is 0 Å². The second-order valence-electron chi connectivity index (χ2n) is 5.44. The predicted molar refractivity (Wildman–Crippen MR) is 78.5 cm³/mol. The Labute approximate surface area is 122 Å². The highest BCUT2D eigenvalue weighted by atomic mass is 16.7. The first-order valence-corrected chi connectivity index (χ1v) is 7.15. The molecule has 0 saturated carbocycles. The summed E-state index contributed by atoms with van der Waals surface area (Å²) in [6, 6.07) is 3.90. The van der Waals surface area contributed by atoms with Gasteiger partial charge in [-0.3, -0.25) is 0 Å². The van der Waals surface area contributed by atoms with Gasteiger partial charge in [-0.05, 0) is 25.0 Å². The van der Waals surface area contributed by atoms with Gasteiger partial charge in [-0.1, -0.05) is 0 Å². The number of benzene rings is 1. The van der Waals surface area contributed by atoms with Crippen molar-refractivity contribution in [1.82, 2.24) is 4.98 Å². The Morgan fingerprint density at radius 1 is 1.14 bits per heavy atom. The maximum Gasteiger partial charge on any atom is 0.242 e. The van der Waals surface area contributed by atoms with E-state index >= 15 is 0 Å². The third-order valence-corrected chi connectivity index (χ3v) is 4.24. The fraction of sp³-hybridized carbons (Fsp3) is 0.400. The lowest BCUT2D eigenvalue weighted by molar-refractivity contribution is -0.0727. The molecule has 2 aliphatic rings. The summed E-state index contributed by atoms with van der Waals surface area (Å²) < 4.78 is 16.3. The van der Waals surface area contributed by atoms with Crippen molar-refractivity contribution in [2.24, 2.45) is 5.92 Å². The van der Waals surface area contributed by atoms with Crippen LogP contribution in [0.5, 0.6) is 0 Å². The van der Waals surface area contributed by atoms with Crippen LogP contribution in [0.25, 0.3) is 11.1 Å². The van der Waals surface area contributed by atoms with Gasteiger partial charge in [0.1, 0.15) is 18.0 Å². The summed E-state index contributed by atoms with van der Waals surface area (Å²) in [7, 11) is 0. The van der Waals surface area contributed by atoms with Gasteiger partial charge in [0.05, 0.1) is 11.4 Å². The van der Waals surface area contributed by atoms with Gasteiger partial charge in [-0.15, -0.1) is 0 Å². The Balaban J connectivity index is 1.52. The number of piperidine rings is 1. The van der Waals surface area contributed by atoms with Gasteiger partial charge in [-0.25, -0.2) is 4.98 Å². The molecule has 1 aromatic heterocycles.